The minimum absolute atomic E-state index is 0. The highest BCUT2D eigenvalue weighted by atomic mass is 32.2. The topological polar surface area (TPSA) is 108 Å². The summed E-state index contributed by atoms with van der Waals surface area (Å²) in [7, 11) is -4.01. The number of halogens is 3. The SMILES string of the molecule is O=C1CCC2(CN(C(=O)N3CC4(CCC(NS(=O)(=O)c5cccc(OC(F)(F)F)c5)CC4)C3)C2)N1.[HH].[HH]. The maximum absolute atomic E-state index is 12.7. The second-order valence-corrected chi connectivity index (χ2v) is 12.0. The zero-order valence-electron chi connectivity index (χ0n) is 18.9. The molecule has 196 valence electrons. The highest BCUT2D eigenvalue weighted by Crippen LogP contribution is 2.45. The van der Waals surface area contributed by atoms with Gasteiger partial charge in [-0.2, -0.15) is 0 Å². The quantitative estimate of drug-likeness (QED) is 0.635. The summed E-state index contributed by atoms with van der Waals surface area (Å²) in [6.45, 7) is 2.33. The van der Waals surface area contributed by atoms with E-state index in [0.29, 0.717) is 45.4 Å². The molecular weight excluding hydrogens is 489 g/mol. The van der Waals surface area contributed by atoms with Gasteiger partial charge >= 0.3 is 12.4 Å². The van der Waals surface area contributed by atoms with Crippen molar-refractivity contribution in [2.45, 2.75) is 61.4 Å². The minimum atomic E-state index is -4.91. The summed E-state index contributed by atoms with van der Waals surface area (Å²) in [5.74, 6) is -0.555. The standard InChI is InChI=1S/C22H27F3N4O5S.2H2/c23-22(24,25)34-16-2-1-3-17(10-16)35(32,33)27-15-4-7-20(8-5-15)11-28(12-20)19(31)29-13-21(14-29)9-6-18(30)26-21;;/h1-3,10,15,27H,4-9,11-14H2,(H,26,30);2*1H. The fraction of sp³-hybridized carbons (Fsp3) is 0.636. The predicted octanol–water partition coefficient (Wildman–Crippen LogP) is 2.68. The van der Waals surface area contributed by atoms with Gasteiger partial charge in [-0.15, -0.1) is 13.2 Å². The first-order chi connectivity index (χ1) is 16.4. The fourth-order valence-corrected chi connectivity index (χ4v) is 7.06. The van der Waals surface area contributed by atoms with Crippen molar-refractivity contribution in [3.8, 4) is 5.75 Å². The molecule has 2 spiro atoms. The monoisotopic (exact) mass is 520 g/mol. The Labute approximate surface area is 204 Å². The van der Waals surface area contributed by atoms with Crippen LogP contribution in [-0.4, -0.2) is 74.3 Å². The third kappa shape index (κ3) is 4.92. The molecule has 1 saturated carbocycles. The first kappa shape index (κ1) is 24.2. The number of hydrogen-bond acceptors (Lipinski definition) is 5. The van der Waals surface area contributed by atoms with Crippen molar-refractivity contribution in [1.29, 1.82) is 0 Å². The van der Waals surface area contributed by atoms with E-state index in [9.17, 15) is 31.2 Å². The lowest BCUT2D eigenvalue weighted by Gasteiger charge is -2.57. The second-order valence-electron chi connectivity index (χ2n) is 10.2. The van der Waals surface area contributed by atoms with Crippen LogP contribution in [0.5, 0.6) is 5.75 Å². The number of benzene rings is 1. The number of amides is 3. The van der Waals surface area contributed by atoms with Gasteiger partial charge in [0.25, 0.3) is 0 Å². The van der Waals surface area contributed by atoms with Gasteiger partial charge in [0.1, 0.15) is 5.75 Å². The summed E-state index contributed by atoms with van der Waals surface area (Å²) < 4.78 is 69.2. The number of nitrogens with zero attached hydrogens (tertiary/aromatic N) is 2. The van der Waals surface area contributed by atoms with Crippen molar-refractivity contribution in [2.24, 2.45) is 5.41 Å². The average Bonchev–Trinajstić information content (AvgIpc) is 3.12. The highest BCUT2D eigenvalue weighted by molar-refractivity contribution is 7.89. The van der Waals surface area contributed by atoms with Gasteiger partial charge in [-0.1, -0.05) is 6.07 Å². The molecule has 0 aromatic heterocycles. The van der Waals surface area contributed by atoms with Crippen LogP contribution in [0.15, 0.2) is 29.2 Å². The maximum Gasteiger partial charge on any atom is 0.573 e. The van der Waals surface area contributed by atoms with E-state index in [1.165, 1.54) is 12.1 Å². The molecule has 3 heterocycles. The van der Waals surface area contributed by atoms with E-state index < -0.39 is 22.1 Å². The molecule has 4 aliphatic rings. The van der Waals surface area contributed by atoms with E-state index in [-0.39, 0.29) is 36.7 Å². The number of ether oxygens (including phenoxy) is 1. The Bertz CT molecular complexity index is 1130. The molecule has 35 heavy (non-hydrogen) atoms. The van der Waals surface area contributed by atoms with Crippen LogP contribution in [0, 0.1) is 5.41 Å². The lowest BCUT2D eigenvalue weighted by Crippen LogP contribution is -2.72. The largest absolute Gasteiger partial charge is 0.573 e. The van der Waals surface area contributed by atoms with E-state index >= 15 is 0 Å². The number of carbonyl (C=O) groups is 2. The number of alkyl halides is 3. The van der Waals surface area contributed by atoms with Gasteiger partial charge in [0.2, 0.25) is 15.9 Å². The Morgan fingerprint density at radius 1 is 1.11 bits per heavy atom. The molecule has 3 amide bonds. The summed E-state index contributed by atoms with van der Waals surface area (Å²) in [5, 5.41) is 2.97. The molecule has 1 aromatic rings. The van der Waals surface area contributed by atoms with Crippen LogP contribution < -0.4 is 14.8 Å². The number of hydrogen-bond donors (Lipinski definition) is 2. The van der Waals surface area contributed by atoms with Crippen molar-refractivity contribution >= 4 is 22.0 Å². The van der Waals surface area contributed by atoms with Crippen molar-refractivity contribution in [3.05, 3.63) is 24.3 Å². The lowest BCUT2D eigenvalue weighted by atomic mass is 9.67. The van der Waals surface area contributed by atoms with Crippen LogP contribution in [0.2, 0.25) is 0 Å². The van der Waals surface area contributed by atoms with Gasteiger partial charge in [-0.25, -0.2) is 17.9 Å². The Morgan fingerprint density at radius 3 is 2.37 bits per heavy atom. The normalized spacial score (nSPS) is 23.7. The van der Waals surface area contributed by atoms with Crippen LogP contribution in [0.4, 0.5) is 18.0 Å². The number of sulfonamides is 1. The summed E-state index contributed by atoms with van der Waals surface area (Å²) in [6.07, 6.45) is -0.974. The lowest BCUT2D eigenvalue weighted by molar-refractivity contribution is -0.274. The van der Waals surface area contributed by atoms with Crippen LogP contribution in [0.25, 0.3) is 0 Å². The summed E-state index contributed by atoms with van der Waals surface area (Å²) in [4.78, 5) is 27.5. The van der Waals surface area contributed by atoms with Crippen molar-refractivity contribution in [2.75, 3.05) is 26.2 Å². The summed E-state index contributed by atoms with van der Waals surface area (Å²) >= 11 is 0. The number of carbonyl (C=O) groups excluding carboxylic acids is 2. The summed E-state index contributed by atoms with van der Waals surface area (Å²) in [6, 6.07) is 3.97. The molecule has 0 radical (unpaired) electrons. The molecule has 1 aromatic carbocycles. The Balaban J connectivity index is 0.00000190. The Morgan fingerprint density at radius 2 is 1.77 bits per heavy atom. The molecule has 9 nitrogen and oxygen atoms in total. The van der Waals surface area contributed by atoms with Crippen molar-refractivity contribution < 1.29 is 38.8 Å². The number of urea groups is 1. The van der Waals surface area contributed by atoms with E-state index in [4.69, 9.17) is 0 Å². The summed E-state index contributed by atoms with van der Waals surface area (Å²) in [5.41, 5.74) is -0.273. The van der Waals surface area contributed by atoms with Crippen LogP contribution >= 0.6 is 0 Å². The van der Waals surface area contributed by atoms with Crippen LogP contribution in [0.1, 0.15) is 41.4 Å². The molecule has 0 bridgehead atoms. The molecular formula is C22H31F3N4O5S. The fourth-order valence-electron chi connectivity index (χ4n) is 5.72. The minimum Gasteiger partial charge on any atom is -0.406 e. The number of likely N-dealkylation sites (tertiary alicyclic amines) is 2. The van der Waals surface area contributed by atoms with Gasteiger partial charge in [-0.05, 0) is 44.2 Å². The predicted molar refractivity (Wildman–Crippen MR) is 121 cm³/mol. The van der Waals surface area contributed by atoms with E-state index in [1.807, 2.05) is 0 Å². The zero-order chi connectivity index (χ0) is 25.1. The molecule has 5 rings (SSSR count). The van der Waals surface area contributed by atoms with E-state index in [0.717, 1.165) is 31.4 Å². The molecule has 0 atom stereocenters. The molecule has 13 heteroatoms. The molecule has 4 fully saturated rings. The first-order valence-electron chi connectivity index (χ1n) is 11.6. The third-order valence-corrected chi connectivity index (χ3v) is 9.05. The third-order valence-electron chi connectivity index (χ3n) is 7.53. The van der Waals surface area contributed by atoms with Gasteiger partial charge in [0, 0.05) is 53.0 Å². The first-order valence-corrected chi connectivity index (χ1v) is 13.1. The smallest absolute Gasteiger partial charge is 0.406 e. The number of nitrogens with one attached hydrogen (secondary N) is 2. The van der Waals surface area contributed by atoms with Crippen LogP contribution in [-0.2, 0) is 14.8 Å². The zero-order valence-corrected chi connectivity index (χ0v) is 19.8. The molecule has 3 aliphatic heterocycles. The van der Waals surface area contributed by atoms with E-state index in [1.54, 1.807) is 9.80 Å². The Kier molecular flexibility index (Phi) is 5.70. The average molecular weight is 521 g/mol. The highest BCUT2D eigenvalue weighted by Gasteiger charge is 2.53. The molecule has 0 unspecified atom stereocenters. The molecule has 3 saturated heterocycles. The van der Waals surface area contributed by atoms with Crippen molar-refractivity contribution in [1.82, 2.24) is 19.8 Å². The Hall–Kier alpha value is -2.54. The second kappa shape index (κ2) is 8.26. The van der Waals surface area contributed by atoms with Crippen LogP contribution in [0.3, 0.4) is 0 Å². The van der Waals surface area contributed by atoms with E-state index in [2.05, 4.69) is 14.8 Å². The van der Waals surface area contributed by atoms with Gasteiger partial charge in [0.15, 0.2) is 0 Å². The maximum atomic E-state index is 12.7. The molecule has 1 aliphatic carbocycles. The van der Waals surface area contributed by atoms with Gasteiger partial charge in [0.05, 0.1) is 10.4 Å². The van der Waals surface area contributed by atoms with Crippen molar-refractivity contribution in [3.63, 3.8) is 0 Å². The van der Waals surface area contributed by atoms with Gasteiger partial charge in [-0.3, -0.25) is 4.79 Å². The number of rotatable bonds is 4. The van der Waals surface area contributed by atoms with Gasteiger partial charge < -0.3 is 19.9 Å². The molecule has 2 N–H and O–H groups in total.